The third kappa shape index (κ3) is 73.3. The van der Waals surface area contributed by atoms with Crippen LogP contribution < -0.4 is 0 Å². The number of carbonyl (C=O) groups excluding carboxylic acids is 4. The van der Waals surface area contributed by atoms with Gasteiger partial charge in [-0.1, -0.05) is 257 Å². The summed E-state index contributed by atoms with van der Waals surface area (Å²) < 4.78 is 68.5. The lowest BCUT2D eigenvalue weighted by Crippen LogP contribution is -2.30. The van der Waals surface area contributed by atoms with Gasteiger partial charge >= 0.3 is 39.5 Å². The number of esters is 4. The molecule has 5 unspecified atom stereocenters. The molecule has 0 saturated carbocycles. The van der Waals surface area contributed by atoms with E-state index in [1.807, 2.05) is 12.2 Å². The van der Waals surface area contributed by atoms with Gasteiger partial charge < -0.3 is 33.8 Å². The Morgan fingerprint density at radius 2 is 0.520 bits per heavy atom. The van der Waals surface area contributed by atoms with Crippen molar-refractivity contribution in [1.29, 1.82) is 0 Å². The number of phosphoric acid groups is 2. The number of aliphatic hydroxyl groups is 1. The number of rotatable bonds is 72. The number of ether oxygens (including phenoxy) is 4. The van der Waals surface area contributed by atoms with Crippen LogP contribution in [-0.4, -0.2) is 96.7 Å². The second-order valence-electron chi connectivity index (χ2n) is 25.5. The van der Waals surface area contributed by atoms with Crippen LogP contribution in [0, 0.1) is 0 Å². The zero-order valence-corrected chi connectivity index (χ0v) is 65.3. The first-order valence-corrected chi connectivity index (χ1v) is 42.1. The number of carbonyl (C=O) groups is 4. The van der Waals surface area contributed by atoms with Crippen LogP contribution in [0.3, 0.4) is 0 Å². The van der Waals surface area contributed by atoms with Crippen LogP contribution in [0.15, 0.2) is 146 Å². The van der Waals surface area contributed by atoms with Gasteiger partial charge in [0.05, 0.1) is 26.4 Å². The third-order valence-corrected chi connectivity index (χ3v) is 17.7. The molecule has 0 spiro atoms. The molecule has 17 nitrogen and oxygen atoms in total. The molecule has 5 atom stereocenters. The summed E-state index contributed by atoms with van der Waals surface area (Å²) in [7, 11) is -9.99. The minimum atomic E-state index is -5.00. The van der Waals surface area contributed by atoms with Crippen LogP contribution in [0.1, 0.15) is 297 Å². The van der Waals surface area contributed by atoms with Crippen molar-refractivity contribution in [2.75, 3.05) is 39.6 Å². The summed E-state index contributed by atoms with van der Waals surface area (Å²) in [5, 5.41) is 10.6. The van der Waals surface area contributed by atoms with E-state index in [0.29, 0.717) is 32.1 Å². The van der Waals surface area contributed by atoms with Gasteiger partial charge in [-0.3, -0.25) is 37.3 Å². The van der Waals surface area contributed by atoms with Crippen molar-refractivity contribution in [2.24, 2.45) is 0 Å². The van der Waals surface area contributed by atoms with E-state index in [4.69, 9.17) is 37.0 Å². The molecular formula is C83H138O17P2. The summed E-state index contributed by atoms with van der Waals surface area (Å²) in [5.74, 6) is -2.30. The standard InChI is InChI=1S/C83H138O17P2/c1-5-9-13-17-21-25-29-33-36-38-41-44-47-51-55-59-63-67-80(85)93-73-78(99-82(87)69-65-61-57-53-49-43-32-28-24-20-16-12-8-4)75-97-101(89,90)95-71-77(84)72-96-102(91,92)98-76-79(100-83(88)70-66-62-58-54-50-46-40-35-31-27-23-19-15-11-7-3)74-94-81(86)68-64-60-56-52-48-45-42-39-37-34-30-26-22-18-14-10-6-2/h9-10,13-14,21-23,25-28,32-37,40-42,44-45,51,55,77-79,84H,5-8,11-12,15-20,24,29-31,38-39,43,46-50,52-54,56-76H2,1-4H3,(H,89,90)(H,91,92)/b13-9-,14-10-,25-21-,26-22-,27-23-,32-28-,36-33-,37-34-,40-35-,44-41-,45-42-,55-51-. The SMILES string of the molecule is CC/C=C\C/C=C\C/C=C\C/C=C\C/C=C\CCCC(=O)OCC(COP(=O)(O)OCC(O)COP(=O)(O)OCC(COC(=O)CCCCCC/C=C\C/C=C\C/C=C\C/C=C\CC)OC(=O)CCCCCCC/C=C\C/C=C\CCCCC)OC(=O)CCCCCCC/C=C\CCCCCC. The van der Waals surface area contributed by atoms with Crippen LogP contribution in [0.2, 0.25) is 0 Å². The molecule has 0 aliphatic rings. The quantitative estimate of drug-likeness (QED) is 0.0169. The van der Waals surface area contributed by atoms with Crippen LogP contribution in [0.25, 0.3) is 0 Å². The number of allylic oxidation sites excluding steroid dienone is 24. The van der Waals surface area contributed by atoms with Crippen molar-refractivity contribution in [3.05, 3.63) is 146 Å². The van der Waals surface area contributed by atoms with Crippen LogP contribution >= 0.6 is 15.6 Å². The van der Waals surface area contributed by atoms with E-state index >= 15 is 0 Å². The highest BCUT2D eigenvalue weighted by Gasteiger charge is 2.30. The van der Waals surface area contributed by atoms with E-state index in [2.05, 4.69) is 161 Å². The van der Waals surface area contributed by atoms with Gasteiger partial charge in [-0.25, -0.2) is 9.13 Å². The Hall–Kier alpha value is -5.06. The van der Waals surface area contributed by atoms with Gasteiger partial charge in [0, 0.05) is 25.7 Å². The molecule has 0 saturated heterocycles. The molecule has 582 valence electrons. The maximum Gasteiger partial charge on any atom is 0.472 e. The molecule has 0 aromatic rings. The summed E-state index contributed by atoms with van der Waals surface area (Å²) >= 11 is 0. The fraction of sp³-hybridized carbons (Fsp3) is 0.663. The molecule has 3 N–H and O–H groups in total. The Bertz CT molecular complexity index is 2510. The molecule has 102 heavy (non-hydrogen) atoms. The average molecular weight is 1470 g/mol. The first-order valence-electron chi connectivity index (χ1n) is 39.1. The van der Waals surface area contributed by atoms with E-state index in [9.17, 15) is 43.2 Å². The second-order valence-corrected chi connectivity index (χ2v) is 28.4. The van der Waals surface area contributed by atoms with Crippen molar-refractivity contribution in [1.82, 2.24) is 0 Å². The Balaban J connectivity index is 5.44. The molecule has 0 aromatic carbocycles. The first kappa shape index (κ1) is 96.9. The zero-order valence-electron chi connectivity index (χ0n) is 63.5. The Morgan fingerprint density at radius 3 is 0.853 bits per heavy atom. The van der Waals surface area contributed by atoms with E-state index in [1.165, 1.54) is 44.9 Å². The van der Waals surface area contributed by atoms with E-state index < -0.39 is 97.5 Å². The normalized spacial score (nSPS) is 14.7. The number of hydrogen-bond donors (Lipinski definition) is 3. The van der Waals surface area contributed by atoms with Gasteiger partial charge in [0.15, 0.2) is 12.2 Å². The van der Waals surface area contributed by atoms with Gasteiger partial charge in [0.2, 0.25) is 0 Å². The van der Waals surface area contributed by atoms with Crippen molar-refractivity contribution < 1.29 is 80.2 Å². The maximum atomic E-state index is 13.1. The lowest BCUT2D eigenvalue weighted by atomic mass is 10.1. The average Bonchev–Trinajstić information content (AvgIpc) is 0.908. The molecule has 0 aliphatic carbocycles. The predicted octanol–water partition coefficient (Wildman–Crippen LogP) is 22.7. The van der Waals surface area contributed by atoms with Gasteiger partial charge in [-0.2, -0.15) is 0 Å². The van der Waals surface area contributed by atoms with Crippen molar-refractivity contribution >= 4 is 39.5 Å². The van der Waals surface area contributed by atoms with Crippen LogP contribution in [0.5, 0.6) is 0 Å². The number of phosphoric ester groups is 2. The van der Waals surface area contributed by atoms with E-state index in [0.717, 1.165) is 167 Å². The van der Waals surface area contributed by atoms with Gasteiger partial charge in [-0.15, -0.1) is 0 Å². The highest BCUT2D eigenvalue weighted by molar-refractivity contribution is 7.47. The monoisotopic (exact) mass is 1470 g/mol. The second kappa shape index (κ2) is 74.2. The van der Waals surface area contributed by atoms with Gasteiger partial charge in [0.25, 0.3) is 0 Å². The minimum absolute atomic E-state index is 0.0680. The Morgan fingerprint density at radius 1 is 0.284 bits per heavy atom. The molecule has 0 amide bonds. The van der Waals surface area contributed by atoms with E-state index in [-0.39, 0.29) is 25.7 Å². The number of aliphatic hydroxyl groups excluding tert-OH is 1. The third-order valence-electron chi connectivity index (χ3n) is 15.8. The summed E-state index contributed by atoms with van der Waals surface area (Å²) in [4.78, 5) is 72.9. The fourth-order valence-corrected chi connectivity index (χ4v) is 11.4. The van der Waals surface area contributed by atoms with Crippen molar-refractivity contribution in [3.63, 3.8) is 0 Å². The molecule has 0 heterocycles. The number of unbranched alkanes of at least 4 members (excludes halogenated alkanes) is 22. The van der Waals surface area contributed by atoms with Crippen LogP contribution in [-0.2, 0) is 65.4 Å². The Kier molecular flexibility index (Phi) is 70.5. The lowest BCUT2D eigenvalue weighted by molar-refractivity contribution is -0.161. The molecule has 0 aliphatic heterocycles. The number of hydrogen-bond acceptors (Lipinski definition) is 15. The van der Waals surface area contributed by atoms with Crippen molar-refractivity contribution in [3.8, 4) is 0 Å². The molecule has 0 aromatic heterocycles. The summed E-state index contributed by atoms with van der Waals surface area (Å²) in [6.07, 6.45) is 84.1. The summed E-state index contributed by atoms with van der Waals surface area (Å²) in [6, 6.07) is 0. The van der Waals surface area contributed by atoms with E-state index in [1.54, 1.807) is 0 Å². The maximum absolute atomic E-state index is 13.1. The molecule has 0 bridgehead atoms. The van der Waals surface area contributed by atoms with Crippen LogP contribution in [0.4, 0.5) is 0 Å². The van der Waals surface area contributed by atoms with Crippen molar-refractivity contribution in [2.45, 2.75) is 316 Å². The first-order chi connectivity index (χ1) is 49.7. The highest BCUT2D eigenvalue weighted by atomic mass is 31.2. The molecule has 19 heteroatoms. The zero-order chi connectivity index (χ0) is 74.6. The Labute approximate surface area is 617 Å². The largest absolute Gasteiger partial charge is 0.472 e. The van der Waals surface area contributed by atoms with Gasteiger partial charge in [-0.05, 0) is 161 Å². The summed E-state index contributed by atoms with van der Waals surface area (Å²) in [5.41, 5.74) is 0. The molecule has 0 rings (SSSR count). The molecule has 0 fully saturated rings. The minimum Gasteiger partial charge on any atom is -0.462 e. The molecular weight excluding hydrogens is 1330 g/mol. The molecule has 0 radical (unpaired) electrons. The van der Waals surface area contributed by atoms with Gasteiger partial charge in [0.1, 0.15) is 19.3 Å². The summed E-state index contributed by atoms with van der Waals surface area (Å²) in [6.45, 7) is 4.48. The smallest absolute Gasteiger partial charge is 0.462 e. The topological polar surface area (TPSA) is 237 Å². The fourth-order valence-electron chi connectivity index (χ4n) is 9.86. The highest BCUT2D eigenvalue weighted by Crippen LogP contribution is 2.45. The lowest BCUT2D eigenvalue weighted by Gasteiger charge is -2.21. The predicted molar refractivity (Wildman–Crippen MR) is 417 cm³/mol.